The van der Waals surface area contributed by atoms with Crippen LogP contribution in [0.5, 0.6) is 0 Å². The minimum absolute atomic E-state index is 0.118. The number of aromatic nitrogens is 5. The summed E-state index contributed by atoms with van der Waals surface area (Å²) in [4.78, 5) is 28.1. The van der Waals surface area contributed by atoms with Crippen molar-refractivity contribution in [1.82, 2.24) is 24.1 Å². The third-order valence-electron chi connectivity index (χ3n) is 6.10. The number of hydrogen-bond acceptors (Lipinski definition) is 6. The van der Waals surface area contributed by atoms with E-state index in [9.17, 15) is 4.79 Å². The zero-order valence-corrected chi connectivity index (χ0v) is 20.2. The summed E-state index contributed by atoms with van der Waals surface area (Å²) >= 11 is 1.56. The van der Waals surface area contributed by atoms with Gasteiger partial charge in [0.2, 0.25) is 0 Å². The fourth-order valence-corrected chi connectivity index (χ4v) is 4.92. The summed E-state index contributed by atoms with van der Waals surface area (Å²) in [6, 6.07) is 16.3. The summed E-state index contributed by atoms with van der Waals surface area (Å²) in [5.74, 6) is 0.967. The maximum Gasteiger partial charge on any atom is 0.330 e. The summed E-state index contributed by atoms with van der Waals surface area (Å²) in [5.41, 5.74) is 14.0. The van der Waals surface area contributed by atoms with Gasteiger partial charge in [-0.05, 0) is 17.0 Å². The maximum absolute atomic E-state index is 13.1. The van der Waals surface area contributed by atoms with E-state index in [1.54, 1.807) is 33.7 Å². The fourth-order valence-electron chi connectivity index (χ4n) is 4.25. The van der Waals surface area contributed by atoms with Gasteiger partial charge in [0.15, 0.2) is 11.5 Å². The Kier molecular flexibility index (Phi) is 5.85. The van der Waals surface area contributed by atoms with Crippen LogP contribution in [0.1, 0.15) is 35.8 Å². The first-order valence-corrected chi connectivity index (χ1v) is 12.1. The second-order valence-electron chi connectivity index (χ2n) is 8.60. The molecule has 0 bridgehead atoms. The largest absolute Gasteiger partial charge is 0.330 e. The highest BCUT2D eigenvalue weighted by atomic mass is 32.1. The molecule has 2 N–H and O–H groups in total. The van der Waals surface area contributed by atoms with Crippen molar-refractivity contribution in [3.63, 3.8) is 0 Å². The smallest absolute Gasteiger partial charge is 0.326 e. The summed E-state index contributed by atoms with van der Waals surface area (Å²) < 4.78 is 3.31. The highest BCUT2D eigenvalue weighted by Gasteiger charge is 2.17. The van der Waals surface area contributed by atoms with Crippen molar-refractivity contribution in [1.29, 1.82) is 0 Å². The van der Waals surface area contributed by atoms with Crippen LogP contribution >= 0.6 is 11.3 Å². The number of nitrogens with two attached hydrogens (primary N) is 1. The van der Waals surface area contributed by atoms with Crippen LogP contribution in [0.3, 0.4) is 0 Å². The van der Waals surface area contributed by atoms with Gasteiger partial charge in [0.05, 0.1) is 23.9 Å². The van der Waals surface area contributed by atoms with E-state index in [2.05, 4.69) is 29.9 Å². The van der Waals surface area contributed by atoms with Crippen molar-refractivity contribution in [2.75, 3.05) is 0 Å². The first kappa shape index (κ1) is 22.2. The van der Waals surface area contributed by atoms with E-state index in [1.165, 1.54) is 5.56 Å². The Bertz CT molecular complexity index is 1530. The van der Waals surface area contributed by atoms with Crippen LogP contribution in [0, 0.1) is 0 Å². The molecule has 0 saturated heterocycles. The molecule has 5 aromatic rings. The van der Waals surface area contributed by atoms with Gasteiger partial charge in [-0.25, -0.2) is 19.7 Å². The van der Waals surface area contributed by atoms with Crippen LogP contribution in [0.15, 0.2) is 65.0 Å². The van der Waals surface area contributed by atoms with E-state index in [-0.39, 0.29) is 5.69 Å². The normalized spacial score (nSPS) is 11.6. The monoisotopic (exact) mass is 470 g/mol. The predicted octanol–water partition coefficient (Wildman–Crippen LogP) is 4.55. The van der Waals surface area contributed by atoms with Crippen molar-refractivity contribution in [3.05, 3.63) is 86.7 Å². The molecule has 5 rings (SSSR count). The van der Waals surface area contributed by atoms with Gasteiger partial charge < -0.3 is 5.73 Å². The number of aryl methyl sites for hydroxylation is 1. The zero-order chi connectivity index (χ0) is 23.8. The Morgan fingerprint density at radius 1 is 1.06 bits per heavy atom. The van der Waals surface area contributed by atoms with Gasteiger partial charge in [0.1, 0.15) is 5.52 Å². The molecule has 2 aromatic carbocycles. The van der Waals surface area contributed by atoms with Crippen LogP contribution in [0.4, 0.5) is 0 Å². The lowest BCUT2D eigenvalue weighted by Gasteiger charge is -2.11. The Morgan fingerprint density at radius 2 is 1.82 bits per heavy atom. The van der Waals surface area contributed by atoms with Gasteiger partial charge >= 0.3 is 5.69 Å². The van der Waals surface area contributed by atoms with Gasteiger partial charge in [-0.2, -0.15) is 0 Å². The van der Waals surface area contributed by atoms with Crippen molar-refractivity contribution < 1.29 is 0 Å². The molecule has 34 heavy (non-hydrogen) atoms. The van der Waals surface area contributed by atoms with E-state index >= 15 is 0 Å². The molecule has 7 nitrogen and oxygen atoms in total. The summed E-state index contributed by atoms with van der Waals surface area (Å²) in [5, 5.41) is 0. The van der Waals surface area contributed by atoms with E-state index in [1.807, 2.05) is 48.0 Å². The van der Waals surface area contributed by atoms with Crippen molar-refractivity contribution >= 4 is 22.5 Å². The molecule has 0 atom stereocenters. The van der Waals surface area contributed by atoms with Crippen molar-refractivity contribution in [2.24, 2.45) is 12.8 Å². The molecule has 3 heterocycles. The molecular weight excluding hydrogens is 444 g/mol. The third kappa shape index (κ3) is 3.85. The summed E-state index contributed by atoms with van der Waals surface area (Å²) in [6.45, 7) is 5.19. The zero-order valence-electron chi connectivity index (χ0n) is 19.4. The van der Waals surface area contributed by atoms with E-state index < -0.39 is 0 Å². The van der Waals surface area contributed by atoms with Gasteiger partial charge in [-0.15, -0.1) is 11.3 Å². The lowest BCUT2D eigenvalue weighted by Crippen LogP contribution is -2.22. The van der Waals surface area contributed by atoms with E-state index in [0.29, 0.717) is 36.0 Å². The number of rotatable bonds is 6. The highest BCUT2D eigenvalue weighted by molar-refractivity contribution is 7.10. The number of hydrogen-bond donors (Lipinski definition) is 1. The lowest BCUT2D eigenvalue weighted by molar-refractivity contribution is 0.731. The van der Waals surface area contributed by atoms with Crippen LogP contribution in [0.25, 0.3) is 33.8 Å². The molecule has 0 amide bonds. The molecule has 0 aliphatic carbocycles. The Hall–Kier alpha value is -3.62. The second kappa shape index (κ2) is 8.96. The second-order valence-corrected chi connectivity index (χ2v) is 9.54. The Morgan fingerprint density at radius 3 is 2.56 bits per heavy atom. The summed E-state index contributed by atoms with van der Waals surface area (Å²) in [6.07, 6.45) is 1.74. The molecule has 0 spiro atoms. The number of thiazole rings is 1. The first-order chi connectivity index (χ1) is 16.5. The first-order valence-electron chi connectivity index (χ1n) is 11.2. The number of imidazole rings is 1. The van der Waals surface area contributed by atoms with Crippen molar-refractivity contribution in [3.8, 4) is 22.6 Å². The molecule has 0 aliphatic rings. The topological polar surface area (TPSA) is 91.6 Å². The molecule has 0 aliphatic heterocycles. The minimum Gasteiger partial charge on any atom is -0.326 e. The summed E-state index contributed by atoms with van der Waals surface area (Å²) in [7, 11) is 1.76. The Balaban J connectivity index is 1.54. The fraction of sp³-hybridized carbons (Fsp3) is 0.231. The lowest BCUT2D eigenvalue weighted by atomic mass is 9.97. The quantitative estimate of drug-likeness (QED) is 0.393. The predicted molar refractivity (Wildman–Crippen MR) is 137 cm³/mol. The van der Waals surface area contributed by atoms with Crippen LogP contribution in [-0.4, -0.2) is 24.1 Å². The maximum atomic E-state index is 13.1. The number of benzene rings is 2. The van der Waals surface area contributed by atoms with Crippen LogP contribution in [0.2, 0.25) is 0 Å². The van der Waals surface area contributed by atoms with Gasteiger partial charge in [-0.1, -0.05) is 62.4 Å². The van der Waals surface area contributed by atoms with Gasteiger partial charge in [0.25, 0.3) is 0 Å². The minimum atomic E-state index is -0.118. The van der Waals surface area contributed by atoms with Crippen LogP contribution in [-0.2, 0) is 20.1 Å². The molecule has 0 fully saturated rings. The molecule has 8 heteroatoms. The molecule has 3 aromatic heterocycles. The van der Waals surface area contributed by atoms with Crippen molar-refractivity contribution in [2.45, 2.75) is 32.9 Å². The average molecular weight is 471 g/mol. The highest BCUT2D eigenvalue weighted by Crippen LogP contribution is 2.28. The molecule has 0 radical (unpaired) electrons. The van der Waals surface area contributed by atoms with E-state index in [4.69, 9.17) is 10.7 Å². The third-order valence-corrected chi connectivity index (χ3v) is 6.96. The average Bonchev–Trinajstić information content (AvgIpc) is 3.43. The van der Waals surface area contributed by atoms with Crippen LogP contribution < -0.4 is 11.4 Å². The molecular formula is C26H26N6OS. The number of fused-ring (bicyclic) bond motifs is 1. The Labute approximate surface area is 201 Å². The van der Waals surface area contributed by atoms with Gasteiger partial charge in [-0.3, -0.25) is 9.13 Å². The van der Waals surface area contributed by atoms with Gasteiger partial charge in [0, 0.05) is 29.6 Å². The molecule has 0 unspecified atom stereocenters. The molecule has 0 saturated carbocycles. The number of nitrogens with zero attached hydrogens (tertiary/aromatic N) is 5. The SMILES string of the molecule is CC(C)c1ccccc1-c1ncc2c(n1)n(Cc1ccc(-c3ncsc3CN)cc1)c(=O)n2C. The van der Waals surface area contributed by atoms with E-state index in [0.717, 1.165) is 27.3 Å². The standard InChI is InChI=1S/C26H26N6OS/c1-16(2)19-6-4-5-7-20(19)24-28-13-21-25(30-24)32(26(33)31(21)3)14-17-8-10-18(11-9-17)23-22(12-27)34-15-29-23/h4-11,13,15-16H,12,14,27H2,1-3H3. The molecule has 172 valence electrons.